The van der Waals surface area contributed by atoms with E-state index in [1.54, 1.807) is 6.07 Å². The lowest BCUT2D eigenvalue weighted by Crippen LogP contribution is -2.21. The molecule has 1 heterocycles. The number of hydrogen-bond donors (Lipinski definition) is 0. The van der Waals surface area contributed by atoms with Gasteiger partial charge in [0.1, 0.15) is 5.75 Å². The zero-order valence-corrected chi connectivity index (χ0v) is 10.6. The summed E-state index contributed by atoms with van der Waals surface area (Å²) < 4.78 is 10.9. The third-order valence-corrected chi connectivity index (χ3v) is 3.24. The van der Waals surface area contributed by atoms with Crippen LogP contribution in [-0.4, -0.2) is 24.7 Å². The molecule has 1 saturated heterocycles. The Balaban J connectivity index is 1.94. The Morgan fingerprint density at radius 3 is 2.78 bits per heavy atom. The lowest BCUT2D eigenvalue weighted by atomic mass is 10.0. The van der Waals surface area contributed by atoms with Crippen molar-refractivity contribution in [2.45, 2.75) is 12.8 Å². The summed E-state index contributed by atoms with van der Waals surface area (Å²) in [6.45, 7) is 2.10. The molecule has 0 amide bonds. The molecule has 1 aliphatic heterocycles. The van der Waals surface area contributed by atoms with Crippen LogP contribution in [0, 0.1) is 16.0 Å². The number of rotatable bonds is 4. The Hall–Kier alpha value is -1.33. The molecule has 1 fully saturated rings. The molecule has 0 unspecified atom stereocenters. The van der Waals surface area contributed by atoms with E-state index in [4.69, 9.17) is 21.1 Å². The van der Waals surface area contributed by atoms with Crippen molar-refractivity contribution in [1.29, 1.82) is 0 Å². The molecule has 0 spiro atoms. The van der Waals surface area contributed by atoms with E-state index >= 15 is 0 Å². The van der Waals surface area contributed by atoms with Gasteiger partial charge >= 0.3 is 0 Å². The SMILES string of the molecule is O=[N+]([O-])c1ccc(OCC2CCOCC2)c(Cl)c1. The van der Waals surface area contributed by atoms with Gasteiger partial charge in [-0.3, -0.25) is 10.1 Å². The van der Waals surface area contributed by atoms with Crippen LogP contribution in [0.1, 0.15) is 12.8 Å². The molecule has 0 aliphatic carbocycles. The monoisotopic (exact) mass is 271 g/mol. The van der Waals surface area contributed by atoms with Gasteiger partial charge in [0.2, 0.25) is 0 Å². The Bertz CT molecular complexity index is 432. The normalized spacial score (nSPS) is 16.5. The Morgan fingerprint density at radius 2 is 2.17 bits per heavy atom. The number of halogens is 1. The summed E-state index contributed by atoms with van der Waals surface area (Å²) in [7, 11) is 0. The van der Waals surface area contributed by atoms with Gasteiger partial charge in [0.25, 0.3) is 5.69 Å². The third-order valence-electron chi connectivity index (χ3n) is 2.94. The molecular weight excluding hydrogens is 258 g/mol. The summed E-state index contributed by atoms with van der Waals surface area (Å²) in [4.78, 5) is 10.1. The predicted molar refractivity (Wildman–Crippen MR) is 67.1 cm³/mol. The molecule has 2 rings (SSSR count). The first kappa shape index (κ1) is 13.1. The number of nitro benzene ring substituents is 1. The second-order valence-electron chi connectivity index (χ2n) is 4.24. The molecule has 0 bridgehead atoms. The fourth-order valence-corrected chi connectivity index (χ4v) is 2.07. The Morgan fingerprint density at radius 1 is 1.44 bits per heavy atom. The molecule has 1 aromatic carbocycles. The largest absolute Gasteiger partial charge is 0.492 e. The van der Waals surface area contributed by atoms with Crippen molar-refractivity contribution in [1.82, 2.24) is 0 Å². The number of hydrogen-bond acceptors (Lipinski definition) is 4. The molecule has 1 aliphatic rings. The molecule has 0 atom stereocenters. The lowest BCUT2D eigenvalue weighted by Gasteiger charge is -2.22. The van der Waals surface area contributed by atoms with E-state index in [1.807, 2.05) is 0 Å². The van der Waals surface area contributed by atoms with Gasteiger partial charge < -0.3 is 9.47 Å². The molecule has 5 nitrogen and oxygen atoms in total. The van der Waals surface area contributed by atoms with Crippen LogP contribution in [0.3, 0.4) is 0 Å². The maximum Gasteiger partial charge on any atom is 0.271 e. The minimum Gasteiger partial charge on any atom is -0.492 e. The Labute approximate surface area is 110 Å². The van der Waals surface area contributed by atoms with Gasteiger partial charge in [0.15, 0.2) is 0 Å². The number of benzene rings is 1. The van der Waals surface area contributed by atoms with Gasteiger partial charge in [-0.1, -0.05) is 11.6 Å². The molecule has 98 valence electrons. The highest BCUT2D eigenvalue weighted by Crippen LogP contribution is 2.29. The molecule has 0 radical (unpaired) electrons. The van der Waals surface area contributed by atoms with Crippen LogP contribution in [0.15, 0.2) is 18.2 Å². The van der Waals surface area contributed by atoms with Crippen molar-refractivity contribution in [2.24, 2.45) is 5.92 Å². The quantitative estimate of drug-likeness (QED) is 0.624. The van der Waals surface area contributed by atoms with E-state index in [0.717, 1.165) is 26.1 Å². The van der Waals surface area contributed by atoms with Crippen LogP contribution in [0.25, 0.3) is 0 Å². The van der Waals surface area contributed by atoms with Crippen molar-refractivity contribution in [3.63, 3.8) is 0 Å². The maximum atomic E-state index is 10.6. The zero-order valence-electron chi connectivity index (χ0n) is 9.80. The van der Waals surface area contributed by atoms with Gasteiger partial charge in [-0.15, -0.1) is 0 Å². The standard InChI is InChI=1S/C12H14ClNO4/c13-11-7-10(14(15)16)1-2-12(11)18-8-9-3-5-17-6-4-9/h1-2,7,9H,3-6,8H2. The second-order valence-corrected chi connectivity index (χ2v) is 4.65. The summed E-state index contributed by atoms with van der Waals surface area (Å²) in [5.74, 6) is 0.957. The second kappa shape index (κ2) is 6.02. The summed E-state index contributed by atoms with van der Waals surface area (Å²) in [5, 5.41) is 10.8. The van der Waals surface area contributed by atoms with Gasteiger partial charge in [0, 0.05) is 25.3 Å². The number of ether oxygens (including phenoxy) is 2. The smallest absolute Gasteiger partial charge is 0.271 e. The van der Waals surface area contributed by atoms with Crippen LogP contribution >= 0.6 is 11.6 Å². The van der Waals surface area contributed by atoms with E-state index in [1.165, 1.54) is 12.1 Å². The van der Waals surface area contributed by atoms with E-state index in [0.29, 0.717) is 18.3 Å². The topological polar surface area (TPSA) is 61.6 Å². The first-order chi connectivity index (χ1) is 8.66. The molecule has 1 aromatic rings. The first-order valence-corrected chi connectivity index (χ1v) is 6.19. The van der Waals surface area contributed by atoms with E-state index in [2.05, 4.69) is 0 Å². The average molecular weight is 272 g/mol. The number of non-ortho nitro benzene ring substituents is 1. The number of nitrogens with zero attached hydrogens (tertiary/aromatic N) is 1. The zero-order chi connectivity index (χ0) is 13.0. The predicted octanol–water partition coefficient (Wildman–Crippen LogP) is 3.05. The molecule has 6 heteroatoms. The van der Waals surface area contributed by atoms with Crippen molar-refractivity contribution in [3.05, 3.63) is 33.3 Å². The number of nitro groups is 1. The van der Waals surface area contributed by atoms with Gasteiger partial charge in [0.05, 0.1) is 16.6 Å². The molecule has 0 N–H and O–H groups in total. The molecule has 18 heavy (non-hydrogen) atoms. The van der Waals surface area contributed by atoms with Crippen molar-refractivity contribution in [3.8, 4) is 5.75 Å². The van der Waals surface area contributed by atoms with Gasteiger partial charge in [-0.2, -0.15) is 0 Å². The van der Waals surface area contributed by atoms with Crippen LogP contribution in [-0.2, 0) is 4.74 Å². The van der Waals surface area contributed by atoms with Crippen molar-refractivity contribution >= 4 is 17.3 Å². The third kappa shape index (κ3) is 3.34. The summed E-state index contributed by atoms with van der Waals surface area (Å²) in [5.41, 5.74) is -0.0292. The van der Waals surface area contributed by atoms with Crippen LogP contribution in [0.5, 0.6) is 5.75 Å². The first-order valence-electron chi connectivity index (χ1n) is 5.81. The van der Waals surface area contributed by atoms with Gasteiger partial charge in [-0.05, 0) is 24.8 Å². The highest BCUT2D eigenvalue weighted by molar-refractivity contribution is 6.32. The molecule has 0 saturated carbocycles. The summed E-state index contributed by atoms with van der Waals surface area (Å²) in [6.07, 6.45) is 1.95. The minimum absolute atomic E-state index is 0.0292. The maximum absolute atomic E-state index is 10.6. The van der Waals surface area contributed by atoms with Crippen LogP contribution < -0.4 is 4.74 Å². The fraction of sp³-hybridized carbons (Fsp3) is 0.500. The lowest BCUT2D eigenvalue weighted by molar-refractivity contribution is -0.384. The Kier molecular flexibility index (Phi) is 4.38. The molecular formula is C12H14ClNO4. The van der Waals surface area contributed by atoms with E-state index < -0.39 is 4.92 Å². The minimum atomic E-state index is -0.478. The van der Waals surface area contributed by atoms with E-state index in [-0.39, 0.29) is 10.7 Å². The van der Waals surface area contributed by atoms with Gasteiger partial charge in [-0.25, -0.2) is 0 Å². The van der Waals surface area contributed by atoms with Crippen molar-refractivity contribution in [2.75, 3.05) is 19.8 Å². The summed E-state index contributed by atoms with van der Waals surface area (Å²) >= 11 is 5.94. The highest BCUT2D eigenvalue weighted by Gasteiger charge is 2.16. The summed E-state index contributed by atoms with van der Waals surface area (Å²) in [6, 6.07) is 4.24. The highest BCUT2D eigenvalue weighted by atomic mass is 35.5. The van der Waals surface area contributed by atoms with Crippen LogP contribution in [0.2, 0.25) is 5.02 Å². The molecule has 0 aromatic heterocycles. The van der Waals surface area contributed by atoms with E-state index in [9.17, 15) is 10.1 Å². The fourth-order valence-electron chi connectivity index (χ4n) is 1.84. The van der Waals surface area contributed by atoms with Crippen LogP contribution in [0.4, 0.5) is 5.69 Å². The van der Waals surface area contributed by atoms with Crippen molar-refractivity contribution < 1.29 is 14.4 Å². The average Bonchev–Trinajstić information content (AvgIpc) is 2.38.